The maximum Gasteiger partial charge on any atom is 0.322 e. The summed E-state index contributed by atoms with van der Waals surface area (Å²) in [5, 5.41) is 0.0475. The lowest BCUT2D eigenvalue weighted by atomic mass is 10.2. The third-order valence-electron chi connectivity index (χ3n) is 1.15. The zero-order valence-corrected chi connectivity index (χ0v) is 8.25. The van der Waals surface area contributed by atoms with Gasteiger partial charge in [-0.1, -0.05) is 13.8 Å². The van der Waals surface area contributed by atoms with Crippen molar-refractivity contribution >= 4 is 17.5 Å². The third-order valence-corrected chi connectivity index (χ3v) is 1.32. The molecule has 0 saturated carbocycles. The first-order valence-corrected chi connectivity index (χ1v) is 4.25. The van der Waals surface area contributed by atoms with Crippen molar-refractivity contribution in [3.05, 3.63) is 5.28 Å². The van der Waals surface area contributed by atoms with Crippen LogP contribution in [0, 0.1) is 5.92 Å². The second-order valence-electron chi connectivity index (χ2n) is 2.95. The normalized spacial score (nSPS) is 10.5. The van der Waals surface area contributed by atoms with E-state index in [4.69, 9.17) is 22.1 Å². The number of anilines is 1. The van der Waals surface area contributed by atoms with E-state index in [-0.39, 0.29) is 17.2 Å². The molecule has 0 unspecified atom stereocenters. The van der Waals surface area contributed by atoms with E-state index in [2.05, 4.69) is 15.0 Å². The van der Waals surface area contributed by atoms with Crippen molar-refractivity contribution in [2.45, 2.75) is 13.8 Å². The van der Waals surface area contributed by atoms with Crippen LogP contribution in [0.4, 0.5) is 5.95 Å². The third kappa shape index (κ3) is 3.42. The Morgan fingerprint density at radius 1 is 1.38 bits per heavy atom. The molecule has 0 fully saturated rings. The van der Waals surface area contributed by atoms with Gasteiger partial charge in [-0.15, -0.1) is 0 Å². The average Bonchev–Trinajstić information content (AvgIpc) is 1.99. The van der Waals surface area contributed by atoms with Gasteiger partial charge in [-0.2, -0.15) is 15.0 Å². The summed E-state index contributed by atoms with van der Waals surface area (Å²) in [6.07, 6.45) is 0. The van der Waals surface area contributed by atoms with E-state index in [1.165, 1.54) is 0 Å². The Labute approximate surface area is 81.3 Å². The van der Waals surface area contributed by atoms with E-state index >= 15 is 0 Å². The molecule has 1 heterocycles. The highest BCUT2D eigenvalue weighted by Gasteiger charge is 2.03. The number of nitrogens with two attached hydrogens (primary N) is 1. The molecule has 0 radical (unpaired) electrons. The summed E-state index contributed by atoms with van der Waals surface area (Å²) in [6, 6.07) is 0.172. The Kier molecular flexibility index (Phi) is 3.25. The minimum absolute atomic E-state index is 0.0475. The predicted octanol–water partition coefficient (Wildman–Crippen LogP) is 1.14. The van der Waals surface area contributed by atoms with Crippen molar-refractivity contribution < 1.29 is 4.74 Å². The summed E-state index contributed by atoms with van der Waals surface area (Å²) < 4.78 is 5.20. The standard InChI is InChI=1S/C7H11ClN4O/c1-4(2)3-13-7-11-5(8)10-6(9)12-7/h4H,3H2,1-2H3,(H2,9,10,11,12). The van der Waals surface area contributed by atoms with Crippen LogP contribution in [-0.2, 0) is 0 Å². The maximum atomic E-state index is 5.54. The van der Waals surface area contributed by atoms with E-state index < -0.39 is 0 Å². The van der Waals surface area contributed by atoms with Gasteiger partial charge >= 0.3 is 6.01 Å². The summed E-state index contributed by atoms with van der Waals surface area (Å²) in [5.74, 6) is 0.468. The number of hydrogen-bond acceptors (Lipinski definition) is 5. The predicted molar refractivity (Wildman–Crippen MR) is 49.6 cm³/mol. The summed E-state index contributed by atoms with van der Waals surface area (Å²) in [6.45, 7) is 4.57. The number of nitrogen functional groups attached to an aromatic ring is 1. The van der Waals surface area contributed by atoms with Gasteiger partial charge in [0.2, 0.25) is 11.2 Å². The zero-order chi connectivity index (χ0) is 9.84. The SMILES string of the molecule is CC(C)COc1nc(N)nc(Cl)n1. The fraction of sp³-hybridized carbons (Fsp3) is 0.571. The molecule has 0 amide bonds. The van der Waals surface area contributed by atoms with Crippen LogP contribution >= 0.6 is 11.6 Å². The summed E-state index contributed by atoms with van der Waals surface area (Å²) in [4.78, 5) is 11.1. The molecule has 1 aromatic rings. The van der Waals surface area contributed by atoms with Crippen LogP contribution in [0.2, 0.25) is 5.28 Å². The van der Waals surface area contributed by atoms with Crippen molar-refractivity contribution in [3.63, 3.8) is 0 Å². The molecule has 0 bridgehead atoms. The van der Waals surface area contributed by atoms with Crippen LogP contribution in [0.5, 0.6) is 6.01 Å². The number of halogens is 1. The largest absolute Gasteiger partial charge is 0.463 e. The molecule has 0 aliphatic carbocycles. The average molecular weight is 203 g/mol. The quantitative estimate of drug-likeness (QED) is 0.796. The summed E-state index contributed by atoms with van der Waals surface area (Å²) >= 11 is 5.54. The van der Waals surface area contributed by atoms with Crippen molar-refractivity contribution in [1.82, 2.24) is 15.0 Å². The second-order valence-corrected chi connectivity index (χ2v) is 3.29. The molecule has 0 aliphatic rings. The fourth-order valence-electron chi connectivity index (χ4n) is 0.652. The zero-order valence-electron chi connectivity index (χ0n) is 7.49. The number of rotatable bonds is 3. The molecule has 1 aromatic heterocycles. The molecule has 0 saturated heterocycles. The van der Waals surface area contributed by atoms with Gasteiger partial charge in [0.05, 0.1) is 6.61 Å². The lowest BCUT2D eigenvalue weighted by molar-refractivity contribution is 0.250. The van der Waals surface area contributed by atoms with E-state index in [1.54, 1.807) is 0 Å². The molecule has 1 rings (SSSR count). The lowest BCUT2D eigenvalue weighted by Crippen LogP contribution is -2.08. The minimum atomic E-state index is 0.0475. The van der Waals surface area contributed by atoms with Gasteiger partial charge in [-0.3, -0.25) is 0 Å². The van der Waals surface area contributed by atoms with Gasteiger partial charge in [-0.05, 0) is 17.5 Å². The number of aromatic nitrogens is 3. The number of ether oxygens (including phenoxy) is 1. The van der Waals surface area contributed by atoms with Gasteiger partial charge in [0.25, 0.3) is 0 Å². The Bertz CT molecular complexity index is 272. The van der Waals surface area contributed by atoms with E-state index in [9.17, 15) is 0 Å². The molecule has 5 nitrogen and oxygen atoms in total. The Morgan fingerprint density at radius 3 is 2.62 bits per heavy atom. The maximum absolute atomic E-state index is 5.54. The lowest BCUT2D eigenvalue weighted by Gasteiger charge is -2.06. The van der Waals surface area contributed by atoms with Crippen molar-refractivity contribution in [2.75, 3.05) is 12.3 Å². The first-order valence-electron chi connectivity index (χ1n) is 3.88. The molecule has 0 atom stereocenters. The van der Waals surface area contributed by atoms with Gasteiger partial charge < -0.3 is 10.5 Å². The van der Waals surface area contributed by atoms with Crippen molar-refractivity contribution in [2.24, 2.45) is 5.92 Å². The van der Waals surface area contributed by atoms with Crippen LogP contribution in [0.15, 0.2) is 0 Å². The van der Waals surface area contributed by atoms with E-state index in [0.717, 1.165) is 0 Å². The monoisotopic (exact) mass is 202 g/mol. The highest BCUT2D eigenvalue weighted by atomic mass is 35.5. The Hall–Kier alpha value is -1.10. The fourth-order valence-corrected chi connectivity index (χ4v) is 0.811. The van der Waals surface area contributed by atoms with E-state index in [1.807, 2.05) is 13.8 Å². The van der Waals surface area contributed by atoms with Gasteiger partial charge in [0, 0.05) is 0 Å². The topological polar surface area (TPSA) is 73.9 Å². The minimum Gasteiger partial charge on any atom is -0.463 e. The summed E-state index contributed by atoms with van der Waals surface area (Å²) in [5.41, 5.74) is 5.34. The highest BCUT2D eigenvalue weighted by Crippen LogP contribution is 2.09. The Morgan fingerprint density at radius 2 is 2.08 bits per heavy atom. The van der Waals surface area contributed by atoms with Crippen molar-refractivity contribution in [1.29, 1.82) is 0 Å². The molecule has 0 aliphatic heterocycles. The molecule has 6 heteroatoms. The molecule has 0 spiro atoms. The molecule has 2 N–H and O–H groups in total. The van der Waals surface area contributed by atoms with Gasteiger partial charge in [0.1, 0.15) is 0 Å². The first-order chi connectivity index (χ1) is 6.08. The molecular weight excluding hydrogens is 192 g/mol. The highest BCUT2D eigenvalue weighted by molar-refractivity contribution is 6.28. The van der Waals surface area contributed by atoms with Gasteiger partial charge in [0.15, 0.2) is 0 Å². The number of nitrogens with zero attached hydrogens (tertiary/aromatic N) is 3. The smallest absolute Gasteiger partial charge is 0.322 e. The number of hydrogen-bond donors (Lipinski definition) is 1. The van der Waals surface area contributed by atoms with Crippen LogP contribution < -0.4 is 10.5 Å². The van der Waals surface area contributed by atoms with Crippen LogP contribution in [0.25, 0.3) is 0 Å². The first kappa shape index (κ1) is 9.98. The molecular formula is C7H11ClN4O. The van der Waals surface area contributed by atoms with Gasteiger partial charge in [-0.25, -0.2) is 0 Å². The van der Waals surface area contributed by atoms with Crippen molar-refractivity contribution in [3.8, 4) is 6.01 Å². The Balaban J connectivity index is 2.66. The summed E-state index contributed by atoms with van der Waals surface area (Å²) in [7, 11) is 0. The van der Waals surface area contributed by atoms with Crippen LogP contribution in [0.3, 0.4) is 0 Å². The molecule has 0 aromatic carbocycles. The van der Waals surface area contributed by atoms with Crippen LogP contribution in [-0.4, -0.2) is 21.6 Å². The van der Waals surface area contributed by atoms with E-state index in [0.29, 0.717) is 12.5 Å². The molecule has 72 valence electrons. The van der Waals surface area contributed by atoms with Crippen LogP contribution in [0.1, 0.15) is 13.8 Å². The second kappa shape index (κ2) is 4.23. The molecule has 13 heavy (non-hydrogen) atoms.